The van der Waals surface area contributed by atoms with Crippen molar-refractivity contribution >= 4 is 17.7 Å². The highest BCUT2D eigenvalue weighted by atomic mass is 16.2. The van der Waals surface area contributed by atoms with E-state index in [4.69, 9.17) is 0 Å². The Kier molecular flexibility index (Phi) is 5.94. The Labute approximate surface area is 119 Å². The van der Waals surface area contributed by atoms with Crippen molar-refractivity contribution in [2.24, 2.45) is 0 Å². The Morgan fingerprint density at radius 1 is 1.15 bits per heavy atom. The number of hydrogen-bond acceptors (Lipinski definition) is 4. The molecule has 0 bridgehead atoms. The van der Waals surface area contributed by atoms with Crippen LogP contribution < -0.4 is 16.0 Å². The average molecular weight is 284 g/mol. The van der Waals surface area contributed by atoms with E-state index in [0.29, 0.717) is 26.2 Å². The fourth-order valence-electron chi connectivity index (χ4n) is 1.86. The molecule has 0 radical (unpaired) electrons. The first-order valence-corrected chi connectivity index (χ1v) is 6.88. The molecule has 0 aliphatic carbocycles. The first-order valence-electron chi connectivity index (χ1n) is 6.88. The molecule has 0 unspecified atom stereocenters. The molecule has 0 aromatic rings. The summed E-state index contributed by atoms with van der Waals surface area (Å²) >= 11 is 0. The monoisotopic (exact) mass is 284 g/mol. The molecule has 0 aromatic carbocycles. The van der Waals surface area contributed by atoms with Gasteiger partial charge in [-0.25, -0.2) is 0 Å². The maximum atomic E-state index is 11.8. The molecule has 0 aromatic heterocycles. The van der Waals surface area contributed by atoms with Crippen LogP contribution in [0.3, 0.4) is 0 Å². The van der Waals surface area contributed by atoms with E-state index in [-0.39, 0.29) is 24.4 Å². The van der Waals surface area contributed by atoms with E-state index in [9.17, 15) is 14.4 Å². The van der Waals surface area contributed by atoms with E-state index in [1.807, 2.05) is 20.8 Å². The first-order chi connectivity index (χ1) is 9.29. The predicted octanol–water partition coefficient (Wildman–Crippen LogP) is -1.16. The lowest BCUT2D eigenvalue weighted by molar-refractivity contribution is -0.146. The van der Waals surface area contributed by atoms with Gasteiger partial charge in [0.2, 0.25) is 5.91 Å². The Balaban J connectivity index is 2.25. The van der Waals surface area contributed by atoms with Crippen molar-refractivity contribution in [3.8, 4) is 0 Å². The van der Waals surface area contributed by atoms with Crippen molar-refractivity contribution in [3.05, 3.63) is 0 Å². The minimum absolute atomic E-state index is 0.146. The number of piperazine rings is 1. The summed E-state index contributed by atoms with van der Waals surface area (Å²) in [7, 11) is 0. The Morgan fingerprint density at radius 2 is 1.75 bits per heavy atom. The minimum Gasteiger partial charge on any atom is -0.351 e. The third-order valence-corrected chi connectivity index (χ3v) is 2.75. The lowest BCUT2D eigenvalue weighted by atomic mass is 10.1. The lowest BCUT2D eigenvalue weighted by Gasteiger charge is -2.26. The first kappa shape index (κ1) is 16.4. The number of rotatable bonds is 3. The Morgan fingerprint density at radius 3 is 2.30 bits per heavy atom. The molecule has 1 aliphatic heterocycles. The van der Waals surface area contributed by atoms with Crippen LogP contribution in [0.4, 0.5) is 0 Å². The van der Waals surface area contributed by atoms with Gasteiger partial charge in [-0.1, -0.05) is 0 Å². The van der Waals surface area contributed by atoms with Gasteiger partial charge in [-0.3, -0.25) is 14.4 Å². The summed E-state index contributed by atoms with van der Waals surface area (Å²) in [5.41, 5.74) is -0.294. The number of hydrogen-bond donors (Lipinski definition) is 3. The number of nitrogens with zero attached hydrogens (tertiary/aromatic N) is 1. The molecule has 1 rings (SSSR count). The highest BCUT2D eigenvalue weighted by Gasteiger charge is 2.23. The zero-order valence-electron chi connectivity index (χ0n) is 12.4. The number of nitrogens with one attached hydrogen (secondary N) is 3. The van der Waals surface area contributed by atoms with Crippen LogP contribution in [0, 0.1) is 0 Å². The molecule has 114 valence electrons. The van der Waals surface area contributed by atoms with Crippen molar-refractivity contribution < 1.29 is 14.4 Å². The molecular weight excluding hydrogens is 260 g/mol. The smallest absolute Gasteiger partial charge is 0.311 e. The highest BCUT2D eigenvalue weighted by molar-refractivity contribution is 6.35. The molecule has 0 saturated carbocycles. The van der Waals surface area contributed by atoms with Crippen LogP contribution in [0.25, 0.3) is 0 Å². The zero-order chi connectivity index (χ0) is 15.2. The zero-order valence-corrected chi connectivity index (χ0v) is 12.4. The van der Waals surface area contributed by atoms with Gasteiger partial charge in [0.05, 0.1) is 0 Å². The molecule has 0 spiro atoms. The van der Waals surface area contributed by atoms with Crippen molar-refractivity contribution in [3.63, 3.8) is 0 Å². The summed E-state index contributed by atoms with van der Waals surface area (Å²) < 4.78 is 0. The van der Waals surface area contributed by atoms with Crippen LogP contribution in [0.15, 0.2) is 0 Å². The molecule has 7 heteroatoms. The molecule has 20 heavy (non-hydrogen) atoms. The van der Waals surface area contributed by atoms with E-state index in [1.54, 1.807) is 0 Å². The average Bonchev–Trinajstić information content (AvgIpc) is 2.36. The number of carbonyl (C=O) groups excluding carboxylic acids is 3. The van der Waals surface area contributed by atoms with Gasteiger partial charge in [-0.05, 0) is 20.8 Å². The summed E-state index contributed by atoms with van der Waals surface area (Å²) in [6, 6.07) is 0. The molecular formula is C13H24N4O3. The summed E-state index contributed by atoms with van der Waals surface area (Å²) in [5, 5.41) is 8.39. The molecule has 7 nitrogen and oxygen atoms in total. The van der Waals surface area contributed by atoms with E-state index in [0.717, 1.165) is 0 Å². The van der Waals surface area contributed by atoms with Crippen LogP contribution in [0.1, 0.15) is 27.2 Å². The Bertz CT molecular complexity index is 370. The standard InChI is InChI=1S/C13H24N4O3/c1-13(2,3)16-10(18)4-5-15-11(19)12(20)17-8-6-14-7-9-17/h14H,4-9H2,1-3H3,(H,15,19)(H,16,18). The predicted molar refractivity (Wildman–Crippen MR) is 75.0 cm³/mol. The summed E-state index contributed by atoms with van der Waals surface area (Å²) in [4.78, 5) is 36.5. The maximum Gasteiger partial charge on any atom is 0.311 e. The number of amides is 3. The largest absolute Gasteiger partial charge is 0.351 e. The van der Waals surface area contributed by atoms with Gasteiger partial charge >= 0.3 is 11.8 Å². The van der Waals surface area contributed by atoms with Gasteiger partial charge in [0.25, 0.3) is 0 Å². The maximum absolute atomic E-state index is 11.8. The van der Waals surface area contributed by atoms with Crippen LogP contribution in [-0.2, 0) is 14.4 Å². The SMILES string of the molecule is CC(C)(C)NC(=O)CCNC(=O)C(=O)N1CCNCC1. The molecule has 3 amide bonds. The molecule has 1 saturated heterocycles. The van der Waals surface area contributed by atoms with E-state index in [2.05, 4.69) is 16.0 Å². The normalized spacial score (nSPS) is 15.7. The van der Waals surface area contributed by atoms with Gasteiger partial charge < -0.3 is 20.9 Å². The highest BCUT2D eigenvalue weighted by Crippen LogP contribution is 1.98. The van der Waals surface area contributed by atoms with Crippen molar-refractivity contribution in [2.45, 2.75) is 32.7 Å². The summed E-state index contributed by atoms with van der Waals surface area (Å²) in [6.45, 7) is 8.30. The molecule has 0 atom stereocenters. The van der Waals surface area contributed by atoms with Crippen LogP contribution in [0.2, 0.25) is 0 Å². The third-order valence-electron chi connectivity index (χ3n) is 2.75. The molecule has 3 N–H and O–H groups in total. The van der Waals surface area contributed by atoms with Gasteiger partial charge in [-0.2, -0.15) is 0 Å². The van der Waals surface area contributed by atoms with Crippen molar-refractivity contribution in [1.29, 1.82) is 0 Å². The van der Waals surface area contributed by atoms with Crippen LogP contribution in [0.5, 0.6) is 0 Å². The van der Waals surface area contributed by atoms with Gasteiger partial charge in [0, 0.05) is 44.7 Å². The molecule has 1 aliphatic rings. The van der Waals surface area contributed by atoms with E-state index >= 15 is 0 Å². The molecule has 1 fully saturated rings. The van der Waals surface area contributed by atoms with Gasteiger partial charge in [-0.15, -0.1) is 0 Å². The minimum atomic E-state index is -0.643. The lowest BCUT2D eigenvalue weighted by Crippen LogP contribution is -2.51. The fraction of sp³-hybridized carbons (Fsp3) is 0.769. The second kappa shape index (κ2) is 7.23. The van der Waals surface area contributed by atoms with Gasteiger partial charge in [0.15, 0.2) is 0 Å². The molecule has 1 heterocycles. The second-order valence-electron chi connectivity index (χ2n) is 5.85. The fourth-order valence-corrected chi connectivity index (χ4v) is 1.86. The van der Waals surface area contributed by atoms with Crippen LogP contribution in [-0.4, -0.2) is 60.9 Å². The van der Waals surface area contributed by atoms with E-state index in [1.165, 1.54) is 4.90 Å². The van der Waals surface area contributed by atoms with Crippen molar-refractivity contribution in [2.75, 3.05) is 32.7 Å². The van der Waals surface area contributed by atoms with E-state index < -0.39 is 11.8 Å². The van der Waals surface area contributed by atoms with Crippen LogP contribution >= 0.6 is 0 Å². The third kappa shape index (κ3) is 6.01. The Hall–Kier alpha value is -1.63. The summed E-state index contributed by atoms with van der Waals surface area (Å²) in [6.07, 6.45) is 0.165. The number of carbonyl (C=O) groups is 3. The quantitative estimate of drug-likeness (QED) is 0.570. The topological polar surface area (TPSA) is 90.5 Å². The second-order valence-corrected chi connectivity index (χ2v) is 5.85. The summed E-state index contributed by atoms with van der Waals surface area (Å²) in [5.74, 6) is -1.31. The van der Waals surface area contributed by atoms with Crippen molar-refractivity contribution in [1.82, 2.24) is 20.9 Å². The van der Waals surface area contributed by atoms with Gasteiger partial charge in [0.1, 0.15) is 0 Å².